The van der Waals surface area contributed by atoms with Gasteiger partial charge in [0.2, 0.25) is 0 Å². The molecule has 0 saturated heterocycles. The Labute approximate surface area is 132 Å². The minimum atomic E-state index is 0.642. The summed E-state index contributed by atoms with van der Waals surface area (Å²) in [6, 6.07) is 0. The zero-order valence-electron chi connectivity index (χ0n) is 12.6. The normalized spacial score (nSPS) is 11.2. The van der Waals surface area contributed by atoms with Gasteiger partial charge in [0.1, 0.15) is 6.33 Å². The van der Waals surface area contributed by atoms with Gasteiger partial charge in [-0.2, -0.15) is 10.2 Å². The predicted octanol–water partition coefficient (Wildman–Crippen LogP) is 1.12. The molecule has 8 heteroatoms. The fraction of sp³-hybridized carbons (Fsp3) is 0.615. The molecule has 7 nitrogen and oxygen atoms in total. The topological polar surface area (TPSA) is 69.8 Å². The SMILES string of the molecule is CCc1nn(C)c(Cn2cnc(CNCCOC)n2)c1Br. The van der Waals surface area contributed by atoms with Gasteiger partial charge in [-0.05, 0) is 22.4 Å². The summed E-state index contributed by atoms with van der Waals surface area (Å²) in [5.74, 6) is 0.778. The van der Waals surface area contributed by atoms with Crippen LogP contribution in [-0.2, 0) is 31.3 Å². The van der Waals surface area contributed by atoms with Crippen LogP contribution in [0.5, 0.6) is 0 Å². The number of aromatic nitrogens is 5. The van der Waals surface area contributed by atoms with Gasteiger partial charge in [-0.1, -0.05) is 6.92 Å². The molecule has 0 spiro atoms. The molecule has 0 saturated carbocycles. The minimum Gasteiger partial charge on any atom is -0.383 e. The first-order chi connectivity index (χ1) is 10.2. The van der Waals surface area contributed by atoms with Crippen LogP contribution >= 0.6 is 15.9 Å². The second-order valence-corrected chi connectivity index (χ2v) is 5.51. The number of hydrogen-bond donors (Lipinski definition) is 1. The predicted molar refractivity (Wildman–Crippen MR) is 83.0 cm³/mol. The molecule has 0 aliphatic heterocycles. The number of rotatable bonds is 8. The van der Waals surface area contributed by atoms with Gasteiger partial charge in [0, 0.05) is 20.7 Å². The standard InChI is InChI=1S/C13H21BrN6O/c1-4-10-13(14)11(19(2)17-10)8-20-9-16-12(18-20)7-15-5-6-21-3/h9,15H,4-8H2,1-3H3. The highest BCUT2D eigenvalue weighted by molar-refractivity contribution is 9.10. The molecule has 0 unspecified atom stereocenters. The average molecular weight is 357 g/mol. The van der Waals surface area contributed by atoms with E-state index in [9.17, 15) is 0 Å². The molecule has 2 heterocycles. The lowest BCUT2D eigenvalue weighted by molar-refractivity contribution is 0.199. The third kappa shape index (κ3) is 4.12. The second-order valence-electron chi connectivity index (χ2n) is 4.71. The number of halogens is 1. The molecule has 0 radical (unpaired) electrons. The lowest BCUT2D eigenvalue weighted by Crippen LogP contribution is -2.19. The zero-order chi connectivity index (χ0) is 15.2. The van der Waals surface area contributed by atoms with Crippen LogP contribution in [0.4, 0.5) is 0 Å². The van der Waals surface area contributed by atoms with E-state index in [4.69, 9.17) is 4.74 Å². The number of hydrogen-bond acceptors (Lipinski definition) is 5. The Morgan fingerprint density at radius 1 is 1.38 bits per heavy atom. The monoisotopic (exact) mass is 356 g/mol. The number of aryl methyl sites for hydroxylation is 2. The van der Waals surface area contributed by atoms with E-state index in [0.29, 0.717) is 19.7 Å². The summed E-state index contributed by atoms with van der Waals surface area (Å²) in [7, 11) is 3.63. The molecule has 1 N–H and O–H groups in total. The van der Waals surface area contributed by atoms with E-state index in [2.05, 4.69) is 43.4 Å². The lowest BCUT2D eigenvalue weighted by atomic mass is 10.3. The maximum atomic E-state index is 4.98. The van der Waals surface area contributed by atoms with Crippen LogP contribution in [0.2, 0.25) is 0 Å². The number of nitrogens with zero attached hydrogens (tertiary/aromatic N) is 5. The smallest absolute Gasteiger partial charge is 0.164 e. The van der Waals surface area contributed by atoms with Crippen LogP contribution in [0, 0.1) is 0 Å². The molecule has 0 aromatic carbocycles. The Hall–Kier alpha value is -1.25. The first-order valence-corrected chi connectivity index (χ1v) is 7.73. The van der Waals surface area contributed by atoms with Crippen molar-refractivity contribution < 1.29 is 4.74 Å². The highest BCUT2D eigenvalue weighted by Gasteiger charge is 2.13. The molecular formula is C13H21BrN6O. The first-order valence-electron chi connectivity index (χ1n) is 6.94. The van der Waals surface area contributed by atoms with Crippen molar-refractivity contribution in [1.82, 2.24) is 29.9 Å². The van der Waals surface area contributed by atoms with Gasteiger partial charge in [-0.25, -0.2) is 9.67 Å². The minimum absolute atomic E-state index is 0.642. The van der Waals surface area contributed by atoms with Gasteiger partial charge in [-0.15, -0.1) is 0 Å². The third-order valence-corrected chi connectivity index (χ3v) is 4.08. The van der Waals surface area contributed by atoms with Gasteiger partial charge < -0.3 is 10.1 Å². The molecule has 0 bridgehead atoms. The summed E-state index contributed by atoms with van der Waals surface area (Å²) in [6.07, 6.45) is 2.65. The molecule has 2 aromatic heterocycles. The van der Waals surface area contributed by atoms with E-state index in [1.807, 2.05) is 16.4 Å². The van der Waals surface area contributed by atoms with Crippen LogP contribution in [0.25, 0.3) is 0 Å². The van der Waals surface area contributed by atoms with E-state index in [1.165, 1.54) is 0 Å². The van der Waals surface area contributed by atoms with Crippen molar-refractivity contribution in [1.29, 1.82) is 0 Å². The first kappa shape index (κ1) is 16.1. The molecule has 21 heavy (non-hydrogen) atoms. The van der Waals surface area contributed by atoms with Crippen molar-refractivity contribution in [3.63, 3.8) is 0 Å². The molecule has 2 rings (SSSR count). The molecule has 0 aliphatic carbocycles. The summed E-state index contributed by atoms with van der Waals surface area (Å²) in [6.45, 7) is 4.86. The van der Waals surface area contributed by atoms with Crippen LogP contribution in [0.15, 0.2) is 10.8 Å². The average Bonchev–Trinajstić information content (AvgIpc) is 3.03. The Balaban J connectivity index is 1.98. The zero-order valence-corrected chi connectivity index (χ0v) is 14.2. The van der Waals surface area contributed by atoms with Crippen molar-refractivity contribution in [2.75, 3.05) is 20.3 Å². The van der Waals surface area contributed by atoms with Crippen molar-refractivity contribution in [2.24, 2.45) is 7.05 Å². The Kier molecular flexibility index (Phi) is 5.89. The Morgan fingerprint density at radius 3 is 2.86 bits per heavy atom. The second kappa shape index (κ2) is 7.67. The van der Waals surface area contributed by atoms with Crippen LogP contribution < -0.4 is 5.32 Å². The largest absolute Gasteiger partial charge is 0.383 e. The van der Waals surface area contributed by atoms with Gasteiger partial charge in [-0.3, -0.25) is 4.68 Å². The van der Waals surface area contributed by atoms with Gasteiger partial charge in [0.05, 0.1) is 35.6 Å². The van der Waals surface area contributed by atoms with E-state index in [0.717, 1.165) is 34.7 Å². The summed E-state index contributed by atoms with van der Waals surface area (Å²) >= 11 is 3.61. The summed E-state index contributed by atoms with van der Waals surface area (Å²) < 4.78 is 9.76. The maximum absolute atomic E-state index is 4.98. The molecule has 0 aliphatic rings. The number of nitrogens with one attached hydrogen (secondary N) is 1. The van der Waals surface area contributed by atoms with E-state index >= 15 is 0 Å². The number of ether oxygens (including phenoxy) is 1. The van der Waals surface area contributed by atoms with Crippen molar-refractivity contribution in [3.8, 4) is 0 Å². The molecule has 0 atom stereocenters. The quantitative estimate of drug-likeness (QED) is 0.717. The Bertz CT molecular complexity index is 579. The van der Waals surface area contributed by atoms with Crippen LogP contribution in [0.3, 0.4) is 0 Å². The molecule has 2 aromatic rings. The van der Waals surface area contributed by atoms with Crippen molar-refractivity contribution in [2.45, 2.75) is 26.4 Å². The Morgan fingerprint density at radius 2 is 2.19 bits per heavy atom. The van der Waals surface area contributed by atoms with Gasteiger partial charge in [0.15, 0.2) is 5.82 Å². The number of methoxy groups -OCH3 is 1. The summed E-state index contributed by atoms with van der Waals surface area (Å²) in [5.41, 5.74) is 2.16. The van der Waals surface area contributed by atoms with Gasteiger partial charge in [0.25, 0.3) is 0 Å². The van der Waals surface area contributed by atoms with Crippen molar-refractivity contribution >= 4 is 15.9 Å². The molecule has 0 fully saturated rings. The lowest BCUT2D eigenvalue weighted by Gasteiger charge is -2.03. The van der Waals surface area contributed by atoms with Gasteiger partial charge >= 0.3 is 0 Å². The van der Waals surface area contributed by atoms with Crippen molar-refractivity contribution in [3.05, 3.63) is 28.0 Å². The summed E-state index contributed by atoms with van der Waals surface area (Å²) in [5, 5.41) is 12.2. The van der Waals surface area contributed by atoms with E-state index in [-0.39, 0.29) is 0 Å². The molecule has 0 amide bonds. The third-order valence-electron chi connectivity index (χ3n) is 3.16. The highest BCUT2D eigenvalue weighted by atomic mass is 79.9. The van der Waals surface area contributed by atoms with E-state index in [1.54, 1.807) is 13.4 Å². The summed E-state index contributed by atoms with van der Waals surface area (Å²) in [4.78, 5) is 4.30. The van der Waals surface area contributed by atoms with Crippen LogP contribution in [0.1, 0.15) is 24.1 Å². The van der Waals surface area contributed by atoms with Crippen LogP contribution in [-0.4, -0.2) is 44.8 Å². The highest BCUT2D eigenvalue weighted by Crippen LogP contribution is 2.22. The van der Waals surface area contributed by atoms with E-state index < -0.39 is 0 Å². The molecule has 116 valence electrons. The molecular weight excluding hydrogens is 336 g/mol. The maximum Gasteiger partial charge on any atom is 0.164 e. The fourth-order valence-corrected chi connectivity index (χ4v) is 2.75. The fourth-order valence-electron chi connectivity index (χ4n) is 2.01.